The number of hydrogen-bond acceptors (Lipinski definition) is 0. The van der Waals surface area contributed by atoms with Crippen molar-refractivity contribution >= 4 is 5.57 Å². The molecule has 0 bridgehead atoms. The average Bonchev–Trinajstić information content (AvgIpc) is 2.30. The molecule has 0 aliphatic rings. The predicted octanol–water partition coefficient (Wildman–Crippen LogP) is 3.39. The van der Waals surface area contributed by atoms with Gasteiger partial charge in [-0.2, -0.15) is 0 Å². The van der Waals surface area contributed by atoms with Crippen LogP contribution in [0.15, 0.2) is 18.7 Å². The topological polar surface area (TPSA) is 4.93 Å². The monoisotopic (exact) mass is 177 g/mol. The highest BCUT2D eigenvalue weighted by atomic mass is 14.9. The Labute approximate surface area is 81.1 Å². The summed E-state index contributed by atoms with van der Waals surface area (Å²) >= 11 is 0. The Balaban J connectivity index is 3.10. The van der Waals surface area contributed by atoms with E-state index in [4.69, 9.17) is 0 Å². The zero-order valence-electron chi connectivity index (χ0n) is 9.31. The Morgan fingerprint density at radius 2 is 1.85 bits per heavy atom. The van der Waals surface area contributed by atoms with E-state index in [-0.39, 0.29) is 5.41 Å². The zero-order valence-corrected chi connectivity index (χ0v) is 9.31. The van der Waals surface area contributed by atoms with Gasteiger partial charge in [0.25, 0.3) is 0 Å². The normalized spacial score (nSPS) is 11.8. The SMILES string of the molecule is C=C(c1ccc(C)n1C)C(C)(C)C. The van der Waals surface area contributed by atoms with Crippen molar-refractivity contribution in [3.63, 3.8) is 0 Å². The molecule has 0 saturated heterocycles. The molecule has 0 amide bonds. The van der Waals surface area contributed by atoms with Gasteiger partial charge >= 0.3 is 0 Å². The van der Waals surface area contributed by atoms with Gasteiger partial charge in [-0.05, 0) is 30.0 Å². The van der Waals surface area contributed by atoms with Crippen molar-refractivity contribution in [1.82, 2.24) is 4.57 Å². The van der Waals surface area contributed by atoms with Gasteiger partial charge in [-0.15, -0.1) is 0 Å². The molecule has 0 aromatic carbocycles. The van der Waals surface area contributed by atoms with E-state index >= 15 is 0 Å². The molecular formula is C12H19N. The zero-order chi connectivity index (χ0) is 10.2. The number of allylic oxidation sites excluding steroid dienone is 1. The summed E-state index contributed by atoms with van der Waals surface area (Å²) < 4.78 is 2.19. The van der Waals surface area contributed by atoms with Crippen LogP contribution in [0.25, 0.3) is 5.57 Å². The van der Waals surface area contributed by atoms with Crippen LogP contribution in [0.1, 0.15) is 32.2 Å². The van der Waals surface area contributed by atoms with Crippen LogP contribution in [0.5, 0.6) is 0 Å². The predicted molar refractivity (Wildman–Crippen MR) is 58.6 cm³/mol. The fourth-order valence-corrected chi connectivity index (χ4v) is 1.30. The summed E-state index contributed by atoms with van der Waals surface area (Å²) in [5.74, 6) is 0. The Kier molecular flexibility index (Phi) is 2.38. The molecular weight excluding hydrogens is 158 g/mol. The first kappa shape index (κ1) is 10.1. The van der Waals surface area contributed by atoms with E-state index in [1.54, 1.807) is 0 Å². The molecule has 0 saturated carbocycles. The third-order valence-corrected chi connectivity index (χ3v) is 2.59. The van der Waals surface area contributed by atoms with Crippen LogP contribution >= 0.6 is 0 Å². The molecule has 1 heterocycles. The van der Waals surface area contributed by atoms with Gasteiger partial charge in [0, 0.05) is 18.4 Å². The van der Waals surface area contributed by atoms with E-state index in [0.717, 1.165) is 0 Å². The highest BCUT2D eigenvalue weighted by molar-refractivity contribution is 5.65. The Morgan fingerprint density at radius 1 is 1.31 bits per heavy atom. The van der Waals surface area contributed by atoms with E-state index in [1.165, 1.54) is 17.0 Å². The van der Waals surface area contributed by atoms with Crippen molar-refractivity contribution in [2.75, 3.05) is 0 Å². The van der Waals surface area contributed by atoms with Gasteiger partial charge in [0.1, 0.15) is 0 Å². The second kappa shape index (κ2) is 3.06. The quantitative estimate of drug-likeness (QED) is 0.619. The third-order valence-electron chi connectivity index (χ3n) is 2.59. The van der Waals surface area contributed by atoms with Crippen LogP contribution < -0.4 is 0 Å². The summed E-state index contributed by atoms with van der Waals surface area (Å²) in [6.45, 7) is 12.8. The third kappa shape index (κ3) is 1.85. The molecule has 1 aromatic rings. The maximum atomic E-state index is 4.15. The second-order valence-electron chi connectivity index (χ2n) is 4.65. The van der Waals surface area contributed by atoms with E-state index in [2.05, 4.69) is 58.0 Å². The first-order valence-electron chi connectivity index (χ1n) is 4.66. The lowest BCUT2D eigenvalue weighted by atomic mass is 9.86. The summed E-state index contributed by atoms with van der Waals surface area (Å²) in [5.41, 5.74) is 3.87. The molecule has 0 N–H and O–H groups in total. The van der Waals surface area contributed by atoms with Gasteiger partial charge in [0.05, 0.1) is 0 Å². The van der Waals surface area contributed by atoms with Gasteiger partial charge in [-0.1, -0.05) is 27.4 Å². The van der Waals surface area contributed by atoms with Crippen molar-refractivity contribution in [3.8, 4) is 0 Å². The largest absolute Gasteiger partial charge is 0.348 e. The summed E-state index contributed by atoms with van der Waals surface area (Å²) in [4.78, 5) is 0. The van der Waals surface area contributed by atoms with Gasteiger partial charge < -0.3 is 4.57 Å². The fraction of sp³-hybridized carbons (Fsp3) is 0.500. The number of nitrogens with zero attached hydrogens (tertiary/aromatic N) is 1. The molecule has 0 atom stereocenters. The number of aryl methyl sites for hydroxylation is 1. The van der Waals surface area contributed by atoms with Crippen molar-refractivity contribution < 1.29 is 0 Å². The maximum Gasteiger partial charge on any atom is 0.0438 e. The molecule has 0 aliphatic carbocycles. The number of rotatable bonds is 1. The Hall–Kier alpha value is -0.980. The van der Waals surface area contributed by atoms with Gasteiger partial charge in [0.2, 0.25) is 0 Å². The molecule has 1 rings (SSSR count). The Bertz CT molecular complexity index is 323. The molecule has 0 unspecified atom stereocenters. The molecule has 0 aliphatic heterocycles. The maximum absolute atomic E-state index is 4.15. The van der Waals surface area contributed by atoms with Gasteiger partial charge in [-0.3, -0.25) is 0 Å². The van der Waals surface area contributed by atoms with Crippen molar-refractivity contribution in [2.45, 2.75) is 27.7 Å². The molecule has 1 aromatic heterocycles. The highest BCUT2D eigenvalue weighted by Crippen LogP contribution is 2.32. The molecule has 1 heteroatoms. The molecule has 0 spiro atoms. The molecule has 1 nitrogen and oxygen atoms in total. The molecule has 0 fully saturated rings. The first-order valence-corrected chi connectivity index (χ1v) is 4.66. The van der Waals surface area contributed by atoms with Crippen molar-refractivity contribution in [3.05, 3.63) is 30.1 Å². The fourth-order valence-electron chi connectivity index (χ4n) is 1.30. The van der Waals surface area contributed by atoms with E-state index < -0.39 is 0 Å². The molecule has 13 heavy (non-hydrogen) atoms. The van der Waals surface area contributed by atoms with Crippen molar-refractivity contribution in [2.24, 2.45) is 12.5 Å². The first-order chi connectivity index (χ1) is 5.84. The van der Waals surface area contributed by atoms with Crippen LogP contribution in [0.4, 0.5) is 0 Å². The van der Waals surface area contributed by atoms with E-state index in [9.17, 15) is 0 Å². The van der Waals surface area contributed by atoms with Gasteiger partial charge in [0.15, 0.2) is 0 Å². The summed E-state index contributed by atoms with van der Waals surface area (Å²) in [5, 5.41) is 0. The lowest BCUT2D eigenvalue weighted by Crippen LogP contribution is -2.10. The summed E-state index contributed by atoms with van der Waals surface area (Å²) in [7, 11) is 2.08. The second-order valence-corrected chi connectivity index (χ2v) is 4.65. The number of aromatic nitrogens is 1. The molecule has 0 radical (unpaired) electrons. The Morgan fingerprint density at radius 3 is 2.15 bits per heavy atom. The van der Waals surface area contributed by atoms with Crippen LogP contribution in [0.3, 0.4) is 0 Å². The molecule has 72 valence electrons. The van der Waals surface area contributed by atoms with Crippen LogP contribution in [0, 0.1) is 12.3 Å². The van der Waals surface area contributed by atoms with Crippen LogP contribution in [-0.2, 0) is 7.05 Å². The average molecular weight is 177 g/mol. The minimum Gasteiger partial charge on any atom is -0.348 e. The lowest BCUT2D eigenvalue weighted by molar-refractivity contribution is 0.562. The van der Waals surface area contributed by atoms with E-state index in [0.29, 0.717) is 0 Å². The number of hydrogen-bond donors (Lipinski definition) is 0. The van der Waals surface area contributed by atoms with Gasteiger partial charge in [-0.25, -0.2) is 0 Å². The smallest absolute Gasteiger partial charge is 0.0438 e. The van der Waals surface area contributed by atoms with Crippen molar-refractivity contribution in [1.29, 1.82) is 0 Å². The summed E-state index contributed by atoms with van der Waals surface area (Å²) in [6, 6.07) is 4.27. The standard InChI is InChI=1S/C12H19N/c1-9-7-8-11(13(9)6)10(2)12(3,4)5/h7-8H,2H2,1,3-6H3. The lowest BCUT2D eigenvalue weighted by Gasteiger charge is -2.22. The van der Waals surface area contributed by atoms with Crippen LogP contribution in [0.2, 0.25) is 0 Å². The van der Waals surface area contributed by atoms with Crippen LogP contribution in [-0.4, -0.2) is 4.57 Å². The minimum absolute atomic E-state index is 0.151. The minimum atomic E-state index is 0.151. The van der Waals surface area contributed by atoms with E-state index in [1.807, 2.05) is 0 Å². The highest BCUT2D eigenvalue weighted by Gasteiger charge is 2.18. The summed E-state index contributed by atoms with van der Waals surface area (Å²) in [6.07, 6.45) is 0.